The molecule has 2 rings (SSSR count). The monoisotopic (exact) mass is 246 g/mol. The van der Waals surface area contributed by atoms with Crippen LogP contribution in [-0.2, 0) is 6.42 Å². The second-order valence-electron chi connectivity index (χ2n) is 3.66. The van der Waals surface area contributed by atoms with Crippen LogP contribution in [0.1, 0.15) is 12.0 Å². The van der Waals surface area contributed by atoms with Gasteiger partial charge in [0.05, 0.1) is 18.7 Å². The lowest BCUT2D eigenvalue weighted by molar-refractivity contribution is 0.415. The third-order valence-electron chi connectivity index (χ3n) is 2.55. The molecule has 0 radical (unpaired) electrons. The maximum Gasteiger partial charge on any atom is 0.133 e. The van der Waals surface area contributed by atoms with Crippen molar-refractivity contribution in [3.8, 4) is 11.8 Å². The van der Waals surface area contributed by atoms with E-state index >= 15 is 0 Å². The molecule has 0 saturated heterocycles. The molecule has 0 bridgehead atoms. The highest BCUT2D eigenvalue weighted by Crippen LogP contribution is 2.24. The number of halogens is 1. The fourth-order valence-corrected chi connectivity index (χ4v) is 1.91. The number of pyridine rings is 1. The molecule has 2 aromatic rings. The van der Waals surface area contributed by atoms with E-state index in [0.29, 0.717) is 18.0 Å². The number of nitriles is 1. The summed E-state index contributed by atoms with van der Waals surface area (Å²) in [7, 11) is 1.63. The van der Waals surface area contributed by atoms with E-state index in [-0.39, 0.29) is 0 Å². The number of rotatable bonds is 3. The highest BCUT2D eigenvalue weighted by atomic mass is 35.5. The van der Waals surface area contributed by atoms with Crippen molar-refractivity contribution < 1.29 is 4.74 Å². The van der Waals surface area contributed by atoms with Crippen LogP contribution in [0.25, 0.3) is 10.9 Å². The van der Waals surface area contributed by atoms with Crippen LogP contribution in [0.4, 0.5) is 0 Å². The van der Waals surface area contributed by atoms with Crippen LogP contribution in [0.3, 0.4) is 0 Å². The lowest BCUT2D eigenvalue weighted by Crippen LogP contribution is -1.91. The first-order valence-electron chi connectivity index (χ1n) is 5.24. The van der Waals surface area contributed by atoms with E-state index in [2.05, 4.69) is 11.1 Å². The van der Waals surface area contributed by atoms with Crippen molar-refractivity contribution in [2.24, 2.45) is 0 Å². The van der Waals surface area contributed by atoms with E-state index in [1.54, 1.807) is 7.11 Å². The molecule has 0 atom stereocenters. The molecule has 17 heavy (non-hydrogen) atoms. The summed E-state index contributed by atoms with van der Waals surface area (Å²) in [5.74, 6) is 0.785. The average Bonchev–Trinajstić information content (AvgIpc) is 2.35. The number of benzene rings is 1. The number of fused-ring (bicyclic) bond motifs is 1. The highest BCUT2D eigenvalue weighted by Gasteiger charge is 2.05. The van der Waals surface area contributed by atoms with Crippen molar-refractivity contribution >= 4 is 22.5 Å². The maximum atomic E-state index is 8.58. The molecule has 1 aromatic carbocycles. The first-order valence-corrected chi connectivity index (χ1v) is 5.62. The van der Waals surface area contributed by atoms with Gasteiger partial charge in [-0.1, -0.05) is 11.6 Å². The molecule has 1 aromatic heterocycles. The minimum atomic E-state index is 0.441. The summed E-state index contributed by atoms with van der Waals surface area (Å²) in [4.78, 5) is 4.30. The van der Waals surface area contributed by atoms with Gasteiger partial charge < -0.3 is 4.74 Å². The zero-order chi connectivity index (χ0) is 12.3. The molecule has 0 aliphatic heterocycles. The molecule has 0 amide bonds. The van der Waals surface area contributed by atoms with Gasteiger partial charge in [0.25, 0.3) is 0 Å². The average molecular weight is 247 g/mol. The molecular formula is C13H11ClN2O. The second kappa shape index (κ2) is 5.03. The molecule has 3 nitrogen and oxygen atoms in total. The van der Waals surface area contributed by atoms with Crippen LogP contribution >= 0.6 is 11.6 Å². The van der Waals surface area contributed by atoms with Crippen molar-refractivity contribution in [3.05, 3.63) is 35.0 Å². The molecule has 0 aliphatic rings. The molecule has 0 unspecified atom stereocenters. The number of methoxy groups -OCH3 is 1. The number of hydrogen-bond acceptors (Lipinski definition) is 3. The molecule has 4 heteroatoms. The molecule has 0 N–H and O–H groups in total. The Morgan fingerprint density at radius 1 is 1.41 bits per heavy atom. The first kappa shape index (κ1) is 11.7. The second-order valence-corrected chi connectivity index (χ2v) is 4.01. The Labute approximate surface area is 105 Å². The standard InChI is InChI=1S/C13H11ClN2O/c1-17-11-4-5-12-10(8-11)7-9(3-2-6-15)13(14)16-12/h4-5,7-8H,2-3H2,1H3. The summed E-state index contributed by atoms with van der Waals surface area (Å²) >= 11 is 6.06. The third kappa shape index (κ3) is 2.48. The summed E-state index contributed by atoms with van der Waals surface area (Å²) < 4.78 is 5.16. The van der Waals surface area contributed by atoms with Gasteiger partial charge in [-0.3, -0.25) is 0 Å². The minimum Gasteiger partial charge on any atom is -0.497 e. The third-order valence-corrected chi connectivity index (χ3v) is 2.88. The molecule has 0 spiro atoms. The lowest BCUT2D eigenvalue weighted by Gasteiger charge is -2.06. The van der Waals surface area contributed by atoms with Crippen molar-refractivity contribution in [1.82, 2.24) is 4.98 Å². The lowest BCUT2D eigenvalue weighted by atomic mass is 10.1. The van der Waals surface area contributed by atoms with Gasteiger partial charge in [-0.15, -0.1) is 0 Å². The number of ether oxygens (including phenoxy) is 1. The van der Waals surface area contributed by atoms with E-state index in [0.717, 1.165) is 22.2 Å². The molecule has 0 aliphatic carbocycles. The van der Waals surface area contributed by atoms with Crippen molar-refractivity contribution in [2.45, 2.75) is 12.8 Å². The molecule has 0 fully saturated rings. The first-order chi connectivity index (χ1) is 8.24. The van der Waals surface area contributed by atoms with Crippen LogP contribution in [0.5, 0.6) is 5.75 Å². The van der Waals surface area contributed by atoms with Crippen LogP contribution < -0.4 is 4.74 Å². The van der Waals surface area contributed by atoms with Gasteiger partial charge in [0.15, 0.2) is 0 Å². The normalized spacial score (nSPS) is 10.2. The molecule has 0 saturated carbocycles. The summed E-state index contributed by atoms with van der Waals surface area (Å²) in [6.07, 6.45) is 1.06. The number of aromatic nitrogens is 1. The van der Waals surface area contributed by atoms with E-state index in [4.69, 9.17) is 21.6 Å². The smallest absolute Gasteiger partial charge is 0.133 e. The van der Waals surface area contributed by atoms with Crippen molar-refractivity contribution in [1.29, 1.82) is 5.26 Å². The van der Waals surface area contributed by atoms with Crippen LogP contribution in [0, 0.1) is 11.3 Å². The Kier molecular flexibility index (Phi) is 3.46. The molecular weight excluding hydrogens is 236 g/mol. The summed E-state index contributed by atoms with van der Waals surface area (Å²) in [6, 6.07) is 9.69. The van der Waals surface area contributed by atoms with Crippen LogP contribution in [-0.4, -0.2) is 12.1 Å². The van der Waals surface area contributed by atoms with Gasteiger partial charge in [0.2, 0.25) is 0 Å². The number of hydrogen-bond donors (Lipinski definition) is 0. The minimum absolute atomic E-state index is 0.441. The van der Waals surface area contributed by atoms with Crippen molar-refractivity contribution in [2.75, 3.05) is 7.11 Å². The Morgan fingerprint density at radius 2 is 2.24 bits per heavy atom. The van der Waals surface area contributed by atoms with E-state index in [9.17, 15) is 0 Å². The van der Waals surface area contributed by atoms with E-state index in [1.165, 1.54) is 0 Å². The topological polar surface area (TPSA) is 45.9 Å². The van der Waals surface area contributed by atoms with Crippen molar-refractivity contribution in [3.63, 3.8) is 0 Å². The number of aryl methyl sites for hydroxylation is 1. The Morgan fingerprint density at radius 3 is 2.94 bits per heavy atom. The number of nitrogens with zero attached hydrogens (tertiary/aromatic N) is 2. The van der Waals surface area contributed by atoms with Gasteiger partial charge in [0, 0.05) is 11.8 Å². The van der Waals surface area contributed by atoms with Gasteiger partial charge in [0.1, 0.15) is 10.9 Å². The fourth-order valence-electron chi connectivity index (χ4n) is 1.67. The highest BCUT2D eigenvalue weighted by molar-refractivity contribution is 6.30. The Balaban J connectivity index is 2.49. The predicted octanol–water partition coefficient (Wildman–Crippen LogP) is 3.35. The zero-order valence-corrected chi connectivity index (χ0v) is 10.2. The fraction of sp³-hybridized carbons (Fsp3) is 0.231. The molecule has 86 valence electrons. The maximum absolute atomic E-state index is 8.58. The summed E-state index contributed by atoms with van der Waals surface area (Å²) in [6.45, 7) is 0. The Hall–Kier alpha value is -1.79. The Bertz CT molecular complexity index is 590. The SMILES string of the molecule is COc1ccc2nc(Cl)c(CCC#N)cc2c1. The largest absolute Gasteiger partial charge is 0.497 e. The van der Waals surface area contributed by atoms with Crippen LogP contribution in [0.2, 0.25) is 5.15 Å². The summed E-state index contributed by atoms with van der Waals surface area (Å²) in [5.41, 5.74) is 1.73. The van der Waals surface area contributed by atoms with Gasteiger partial charge in [-0.25, -0.2) is 4.98 Å². The predicted molar refractivity (Wildman–Crippen MR) is 67.2 cm³/mol. The molecule has 1 heterocycles. The van der Waals surface area contributed by atoms with Gasteiger partial charge in [-0.05, 0) is 36.2 Å². The quantitative estimate of drug-likeness (QED) is 0.780. The van der Waals surface area contributed by atoms with E-state index < -0.39 is 0 Å². The van der Waals surface area contributed by atoms with Crippen LogP contribution in [0.15, 0.2) is 24.3 Å². The van der Waals surface area contributed by atoms with Gasteiger partial charge >= 0.3 is 0 Å². The van der Waals surface area contributed by atoms with Gasteiger partial charge in [-0.2, -0.15) is 5.26 Å². The van der Waals surface area contributed by atoms with E-state index in [1.807, 2.05) is 24.3 Å². The zero-order valence-electron chi connectivity index (χ0n) is 9.40. The summed E-state index contributed by atoms with van der Waals surface area (Å²) in [5, 5.41) is 10.0.